The average Bonchev–Trinajstić information content (AvgIpc) is 2.80. The van der Waals surface area contributed by atoms with Gasteiger partial charge in [0.2, 0.25) is 0 Å². The van der Waals surface area contributed by atoms with Crippen molar-refractivity contribution in [3.63, 3.8) is 0 Å². The van der Waals surface area contributed by atoms with E-state index in [0.29, 0.717) is 19.0 Å². The van der Waals surface area contributed by atoms with Gasteiger partial charge in [0.1, 0.15) is 6.10 Å². The summed E-state index contributed by atoms with van der Waals surface area (Å²) in [5.74, 6) is 2.16. The molecular formula is C24H30N2O3. The molecule has 0 aliphatic carbocycles. The smallest absolute Gasteiger partial charge is 0.253 e. The second-order valence-electron chi connectivity index (χ2n) is 7.93. The molecule has 0 radical (unpaired) electrons. The van der Waals surface area contributed by atoms with E-state index in [9.17, 15) is 4.79 Å². The number of rotatable bonds is 5. The summed E-state index contributed by atoms with van der Waals surface area (Å²) in [6.45, 7) is 3.53. The number of hydrogen-bond acceptors (Lipinski definition) is 4. The van der Waals surface area contributed by atoms with Crippen LogP contribution in [0.4, 0.5) is 0 Å². The Morgan fingerprint density at radius 2 is 1.83 bits per heavy atom. The highest BCUT2D eigenvalue weighted by Gasteiger charge is 2.26. The second-order valence-corrected chi connectivity index (χ2v) is 7.93. The van der Waals surface area contributed by atoms with Gasteiger partial charge in [0.05, 0.1) is 7.11 Å². The van der Waals surface area contributed by atoms with Gasteiger partial charge in [0.25, 0.3) is 5.91 Å². The number of ether oxygens (including phenoxy) is 2. The van der Waals surface area contributed by atoms with E-state index in [-0.39, 0.29) is 12.0 Å². The molecule has 2 fully saturated rings. The van der Waals surface area contributed by atoms with Crippen LogP contribution < -0.4 is 14.8 Å². The van der Waals surface area contributed by atoms with E-state index in [1.807, 2.05) is 41.3 Å². The van der Waals surface area contributed by atoms with Crippen molar-refractivity contribution in [3.05, 3.63) is 59.7 Å². The van der Waals surface area contributed by atoms with Gasteiger partial charge >= 0.3 is 0 Å². The number of para-hydroxylation sites is 2. The lowest BCUT2D eigenvalue weighted by Gasteiger charge is -2.32. The molecular weight excluding hydrogens is 364 g/mol. The van der Waals surface area contributed by atoms with E-state index in [1.54, 1.807) is 7.11 Å². The summed E-state index contributed by atoms with van der Waals surface area (Å²) in [5, 5.41) is 3.46. The van der Waals surface area contributed by atoms with E-state index in [0.717, 1.165) is 43.0 Å². The lowest BCUT2D eigenvalue weighted by Crippen LogP contribution is -2.41. The first-order valence-corrected chi connectivity index (χ1v) is 10.6. The largest absolute Gasteiger partial charge is 0.493 e. The van der Waals surface area contributed by atoms with Crippen molar-refractivity contribution in [2.24, 2.45) is 0 Å². The van der Waals surface area contributed by atoms with E-state index in [1.165, 1.54) is 18.4 Å². The summed E-state index contributed by atoms with van der Waals surface area (Å²) in [7, 11) is 1.65. The first-order valence-electron chi connectivity index (χ1n) is 10.6. The molecule has 2 aliphatic heterocycles. The Kier molecular flexibility index (Phi) is 6.35. The van der Waals surface area contributed by atoms with E-state index < -0.39 is 0 Å². The standard InChI is InChI=1S/C24H30N2O3/c1-28-22-9-2-3-10-23(22)29-21-11-14-26(15-12-21)24(27)19-7-4-6-18(16-19)20-8-5-13-25-17-20/h2-4,6-7,9-10,16,20-21,25H,5,8,11-15,17H2,1H3/t20-/m1/s1. The van der Waals surface area contributed by atoms with Crippen molar-refractivity contribution < 1.29 is 14.3 Å². The third kappa shape index (κ3) is 4.73. The number of carbonyl (C=O) groups is 1. The Hall–Kier alpha value is -2.53. The normalized spacial score (nSPS) is 20.3. The molecule has 0 aromatic heterocycles. The van der Waals surface area contributed by atoms with Crippen LogP contribution in [0.25, 0.3) is 0 Å². The average molecular weight is 395 g/mol. The van der Waals surface area contributed by atoms with Gasteiger partial charge in [0, 0.05) is 38.0 Å². The summed E-state index contributed by atoms with van der Waals surface area (Å²) < 4.78 is 11.5. The van der Waals surface area contributed by atoms with Gasteiger partial charge in [-0.25, -0.2) is 0 Å². The third-order valence-corrected chi connectivity index (χ3v) is 5.99. The third-order valence-electron chi connectivity index (χ3n) is 5.99. The van der Waals surface area contributed by atoms with Crippen LogP contribution in [-0.4, -0.2) is 50.2 Å². The highest BCUT2D eigenvalue weighted by Crippen LogP contribution is 2.29. The molecule has 1 amide bonds. The predicted molar refractivity (Wildman–Crippen MR) is 114 cm³/mol. The molecule has 0 saturated carbocycles. The van der Waals surface area contributed by atoms with E-state index in [2.05, 4.69) is 17.4 Å². The number of nitrogens with one attached hydrogen (secondary N) is 1. The molecule has 0 spiro atoms. The fraction of sp³-hybridized carbons (Fsp3) is 0.458. The monoisotopic (exact) mass is 394 g/mol. The zero-order valence-corrected chi connectivity index (χ0v) is 17.1. The van der Waals surface area contributed by atoms with Gasteiger partial charge < -0.3 is 19.7 Å². The number of hydrogen-bond donors (Lipinski definition) is 1. The number of methoxy groups -OCH3 is 1. The molecule has 5 heteroatoms. The molecule has 154 valence electrons. The fourth-order valence-electron chi connectivity index (χ4n) is 4.32. The van der Waals surface area contributed by atoms with Gasteiger partial charge in [-0.15, -0.1) is 0 Å². The second kappa shape index (κ2) is 9.31. The Morgan fingerprint density at radius 3 is 2.55 bits per heavy atom. The number of piperidine rings is 2. The van der Waals surface area contributed by atoms with Crippen LogP contribution in [0.1, 0.15) is 47.5 Å². The molecule has 2 aromatic rings. The maximum absolute atomic E-state index is 13.0. The number of likely N-dealkylation sites (tertiary alicyclic amines) is 1. The Balaban J connectivity index is 1.35. The van der Waals surface area contributed by atoms with Crippen molar-refractivity contribution in [2.75, 3.05) is 33.3 Å². The molecule has 1 atom stereocenters. The summed E-state index contributed by atoms with van der Waals surface area (Å²) in [6.07, 6.45) is 4.15. The van der Waals surface area contributed by atoms with Gasteiger partial charge in [0.15, 0.2) is 11.5 Å². The minimum atomic E-state index is 0.106. The van der Waals surface area contributed by atoms with Crippen molar-refractivity contribution in [1.82, 2.24) is 10.2 Å². The maximum Gasteiger partial charge on any atom is 0.253 e. The summed E-state index contributed by atoms with van der Waals surface area (Å²) in [4.78, 5) is 15.0. The molecule has 4 rings (SSSR count). The predicted octanol–water partition coefficient (Wildman–Crippen LogP) is 3.85. The molecule has 1 N–H and O–H groups in total. The van der Waals surface area contributed by atoms with Crippen LogP contribution in [0.2, 0.25) is 0 Å². The molecule has 2 saturated heterocycles. The molecule has 2 heterocycles. The Labute approximate surface area is 173 Å². The molecule has 2 aromatic carbocycles. The van der Waals surface area contributed by atoms with Gasteiger partial charge in [-0.05, 0) is 55.1 Å². The van der Waals surface area contributed by atoms with Crippen LogP contribution >= 0.6 is 0 Å². The Bertz CT molecular complexity index is 824. The lowest BCUT2D eigenvalue weighted by molar-refractivity contribution is 0.0590. The van der Waals surface area contributed by atoms with Crippen LogP contribution in [0.15, 0.2) is 48.5 Å². The van der Waals surface area contributed by atoms with Crippen LogP contribution in [0.3, 0.4) is 0 Å². The van der Waals surface area contributed by atoms with Gasteiger partial charge in [-0.3, -0.25) is 4.79 Å². The van der Waals surface area contributed by atoms with Crippen molar-refractivity contribution in [1.29, 1.82) is 0 Å². The number of amides is 1. The molecule has 0 unspecified atom stereocenters. The molecule has 2 aliphatic rings. The zero-order chi connectivity index (χ0) is 20.1. The first kappa shape index (κ1) is 19.8. The SMILES string of the molecule is COc1ccccc1OC1CCN(C(=O)c2cccc([C@@H]3CCCNC3)c2)CC1. The first-order chi connectivity index (χ1) is 14.2. The van der Waals surface area contributed by atoms with Gasteiger partial charge in [-0.1, -0.05) is 24.3 Å². The Morgan fingerprint density at radius 1 is 1.03 bits per heavy atom. The van der Waals surface area contributed by atoms with Crippen LogP contribution in [0, 0.1) is 0 Å². The summed E-state index contributed by atoms with van der Waals surface area (Å²) >= 11 is 0. The molecule has 5 nitrogen and oxygen atoms in total. The van der Waals surface area contributed by atoms with Crippen molar-refractivity contribution in [3.8, 4) is 11.5 Å². The topological polar surface area (TPSA) is 50.8 Å². The van der Waals surface area contributed by atoms with E-state index in [4.69, 9.17) is 9.47 Å². The van der Waals surface area contributed by atoms with Crippen molar-refractivity contribution in [2.45, 2.75) is 37.7 Å². The number of carbonyl (C=O) groups excluding carboxylic acids is 1. The van der Waals surface area contributed by atoms with Gasteiger partial charge in [-0.2, -0.15) is 0 Å². The summed E-state index contributed by atoms with van der Waals surface area (Å²) in [6, 6.07) is 15.9. The fourth-order valence-corrected chi connectivity index (χ4v) is 4.32. The highest BCUT2D eigenvalue weighted by molar-refractivity contribution is 5.94. The lowest BCUT2D eigenvalue weighted by atomic mass is 9.90. The molecule has 29 heavy (non-hydrogen) atoms. The quantitative estimate of drug-likeness (QED) is 0.837. The highest BCUT2D eigenvalue weighted by atomic mass is 16.5. The van der Waals surface area contributed by atoms with Crippen LogP contribution in [0.5, 0.6) is 11.5 Å². The van der Waals surface area contributed by atoms with Crippen LogP contribution in [-0.2, 0) is 0 Å². The zero-order valence-electron chi connectivity index (χ0n) is 17.1. The maximum atomic E-state index is 13.0. The molecule has 0 bridgehead atoms. The summed E-state index contributed by atoms with van der Waals surface area (Å²) in [5.41, 5.74) is 2.08. The number of benzene rings is 2. The minimum Gasteiger partial charge on any atom is -0.493 e. The van der Waals surface area contributed by atoms with E-state index >= 15 is 0 Å². The van der Waals surface area contributed by atoms with Crippen molar-refractivity contribution >= 4 is 5.91 Å². The minimum absolute atomic E-state index is 0.106. The number of nitrogens with zero attached hydrogens (tertiary/aromatic N) is 1.